The van der Waals surface area contributed by atoms with Crippen molar-refractivity contribution in [2.24, 2.45) is 5.73 Å². The van der Waals surface area contributed by atoms with E-state index in [2.05, 4.69) is 0 Å². The highest BCUT2D eigenvalue weighted by Gasteiger charge is 2.28. The highest BCUT2D eigenvalue weighted by Crippen LogP contribution is 2.13. The summed E-state index contributed by atoms with van der Waals surface area (Å²) in [5, 5.41) is 18.9. The van der Waals surface area contributed by atoms with Crippen LogP contribution in [0.25, 0.3) is 0 Å². The number of aliphatic hydroxyl groups excluding tert-OH is 2. The molecule has 110 valence electrons. The van der Waals surface area contributed by atoms with Crippen molar-refractivity contribution in [3.63, 3.8) is 0 Å². The number of nitrogens with zero attached hydrogens (tertiary/aromatic N) is 1. The van der Waals surface area contributed by atoms with Crippen LogP contribution in [0, 0.1) is 0 Å². The molecule has 5 nitrogen and oxygen atoms in total. The van der Waals surface area contributed by atoms with Gasteiger partial charge in [-0.05, 0) is 30.7 Å². The second-order valence-electron chi connectivity index (χ2n) is 4.98. The molecule has 1 aromatic rings. The van der Waals surface area contributed by atoms with E-state index in [0.717, 1.165) is 24.3 Å². The van der Waals surface area contributed by atoms with E-state index in [0.29, 0.717) is 24.7 Å². The van der Waals surface area contributed by atoms with Crippen molar-refractivity contribution < 1.29 is 14.9 Å². The Labute approximate surface area is 124 Å². The minimum atomic E-state index is -0.622. The van der Waals surface area contributed by atoms with Crippen molar-refractivity contribution in [3.8, 4) is 5.75 Å². The van der Waals surface area contributed by atoms with Crippen LogP contribution in [0.2, 0.25) is 0 Å². The number of nitrogens with two attached hydrogens (primary N) is 1. The van der Waals surface area contributed by atoms with Crippen LogP contribution in [0.3, 0.4) is 0 Å². The molecule has 1 aromatic carbocycles. The van der Waals surface area contributed by atoms with Gasteiger partial charge in [0.2, 0.25) is 0 Å². The highest BCUT2D eigenvalue weighted by atomic mass is 32.1. The second-order valence-corrected chi connectivity index (χ2v) is 5.42. The van der Waals surface area contributed by atoms with Crippen molar-refractivity contribution in [1.29, 1.82) is 0 Å². The van der Waals surface area contributed by atoms with Gasteiger partial charge in [-0.3, -0.25) is 4.90 Å². The lowest BCUT2D eigenvalue weighted by atomic mass is 10.2. The van der Waals surface area contributed by atoms with Crippen LogP contribution in [-0.4, -0.2) is 58.6 Å². The monoisotopic (exact) mass is 296 g/mol. The molecule has 0 aromatic heterocycles. The Morgan fingerprint density at radius 3 is 2.40 bits per heavy atom. The summed E-state index contributed by atoms with van der Waals surface area (Å²) in [4.78, 5) is 2.41. The lowest BCUT2D eigenvalue weighted by molar-refractivity contribution is 0.0572. The molecule has 1 heterocycles. The summed E-state index contributed by atoms with van der Waals surface area (Å²) in [6, 6.07) is 7.37. The number of ether oxygens (including phenoxy) is 1. The van der Waals surface area contributed by atoms with E-state index in [-0.39, 0.29) is 0 Å². The highest BCUT2D eigenvalue weighted by molar-refractivity contribution is 7.80. The van der Waals surface area contributed by atoms with Gasteiger partial charge in [0.05, 0.1) is 18.8 Å². The molecule has 0 saturated carbocycles. The maximum atomic E-state index is 9.43. The van der Waals surface area contributed by atoms with E-state index in [1.807, 2.05) is 29.2 Å². The van der Waals surface area contributed by atoms with Gasteiger partial charge in [-0.25, -0.2) is 0 Å². The van der Waals surface area contributed by atoms with Crippen LogP contribution in [-0.2, 0) is 0 Å². The molecule has 4 N–H and O–H groups in total. The summed E-state index contributed by atoms with van der Waals surface area (Å²) in [6.45, 7) is 2.46. The molecule has 0 aliphatic carbocycles. The Morgan fingerprint density at radius 2 is 1.85 bits per heavy atom. The van der Waals surface area contributed by atoms with Gasteiger partial charge in [-0.1, -0.05) is 12.2 Å². The Kier molecular flexibility index (Phi) is 5.31. The first kappa shape index (κ1) is 15.2. The van der Waals surface area contributed by atoms with Crippen molar-refractivity contribution in [2.75, 3.05) is 26.2 Å². The Balaban J connectivity index is 1.67. The summed E-state index contributed by atoms with van der Waals surface area (Å²) in [6.07, 6.45) is -0.400. The van der Waals surface area contributed by atoms with Crippen LogP contribution < -0.4 is 10.5 Å². The van der Waals surface area contributed by atoms with E-state index in [4.69, 9.17) is 22.7 Å². The molecule has 20 heavy (non-hydrogen) atoms. The zero-order valence-electron chi connectivity index (χ0n) is 11.2. The summed E-state index contributed by atoms with van der Waals surface area (Å²) < 4.78 is 5.62. The number of likely N-dealkylation sites (tertiary alicyclic amines) is 1. The fourth-order valence-electron chi connectivity index (χ4n) is 2.22. The Bertz CT molecular complexity index is 442. The minimum absolute atomic E-state index is 0.377. The van der Waals surface area contributed by atoms with E-state index >= 15 is 0 Å². The number of hydrogen-bond donors (Lipinski definition) is 3. The third-order valence-corrected chi connectivity index (χ3v) is 3.60. The largest absolute Gasteiger partial charge is 0.494 e. The first-order valence-electron chi connectivity index (χ1n) is 6.67. The van der Waals surface area contributed by atoms with Crippen molar-refractivity contribution in [3.05, 3.63) is 29.8 Å². The van der Waals surface area contributed by atoms with Crippen molar-refractivity contribution >= 4 is 17.2 Å². The third-order valence-electron chi connectivity index (χ3n) is 3.36. The predicted molar refractivity (Wildman–Crippen MR) is 80.9 cm³/mol. The molecular formula is C14H20N2O3S. The molecule has 0 bridgehead atoms. The molecule has 0 spiro atoms. The molecular weight excluding hydrogens is 276 g/mol. The van der Waals surface area contributed by atoms with Crippen LogP contribution in [0.15, 0.2) is 24.3 Å². The van der Waals surface area contributed by atoms with Gasteiger partial charge in [0, 0.05) is 25.2 Å². The molecule has 0 radical (unpaired) electrons. The summed E-state index contributed by atoms with van der Waals surface area (Å²) in [5.74, 6) is 0.784. The zero-order valence-corrected chi connectivity index (χ0v) is 12.1. The van der Waals surface area contributed by atoms with E-state index in [9.17, 15) is 10.2 Å². The van der Waals surface area contributed by atoms with Crippen LogP contribution in [0.5, 0.6) is 5.75 Å². The van der Waals surface area contributed by atoms with Gasteiger partial charge >= 0.3 is 0 Å². The number of rotatable bonds is 6. The normalized spacial score (nSPS) is 22.9. The predicted octanol–water partition coefficient (Wildman–Crippen LogP) is 0.127. The summed E-state index contributed by atoms with van der Waals surface area (Å²) in [5.41, 5.74) is 6.35. The quantitative estimate of drug-likeness (QED) is 0.511. The van der Waals surface area contributed by atoms with Gasteiger partial charge in [-0.15, -0.1) is 0 Å². The van der Waals surface area contributed by atoms with Gasteiger partial charge in [-0.2, -0.15) is 0 Å². The lowest BCUT2D eigenvalue weighted by Crippen LogP contribution is -2.24. The molecule has 1 saturated heterocycles. The maximum absolute atomic E-state index is 9.43. The lowest BCUT2D eigenvalue weighted by Gasteiger charge is -2.14. The van der Waals surface area contributed by atoms with E-state index in [1.54, 1.807) is 0 Å². The second kappa shape index (κ2) is 6.99. The van der Waals surface area contributed by atoms with Gasteiger partial charge in [0.15, 0.2) is 0 Å². The van der Waals surface area contributed by atoms with Crippen LogP contribution >= 0.6 is 12.2 Å². The molecule has 1 aliphatic rings. The summed E-state index contributed by atoms with van der Waals surface area (Å²) >= 11 is 4.88. The van der Waals surface area contributed by atoms with Crippen LogP contribution in [0.4, 0.5) is 0 Å². The first-order valence-corrected chi connectivity index (χ1v) is 7.08. The molecule has 2 unspecified atom stereocenters. The molecule has 1 fully saturated rings. The smallest absolute Gasteiger partial charge is 0.119 e. The number of β-amino-alcohol motifs (C(OH)–C–C–N with tert-alkyl or cyclic N) is 2. The number of benzene rings is 1. The van der Waals surface area contributed by atoms with Gasteiger partial charge < -0.3 is 20.7 Å². The van der Waals surface area contributed by atoms with Crippen LogP contribution in [0.1, 0.15) is 12.0 Å². The number of aliphatic hydroxyl groups is 2. The number of hydrogen-bond acceptors (Lipinski definition) is 5. The average Bonchev–Trinajstić information content (AvgIpc) is 2.74. The number of thiocarbonyl (C=S) groups is 1. The summed E-state index contributed by atoms with van der Waals surface area (Å²) in [7, 11) is 0. The van der Waals surface area contributed by atoms with Crippen molar-refractivity contribution in [2.45, 2.75) is 18.6 Å². The fourth-order valence-corrected chi connectivity index (χ4v) is 2.36. The van der Waals surface area contributed by atoms with E-state index < -0.39 is 12.2 Å². The van der Waals surface area contributed by atoms with Gasteiger partial charge in [0.25, 0.3) is 0 Å². The topological polar surface area (TPSA) is 79.0 Å². The molecule has 1 aliphatic heterocycles. The fraction of sp³-hybridized carbons (Fsp3) is 0.500. The Hall–Kier alpha value is -1.21. The van der Waals surface area contributed by atoms with E-state index in [1.165, 1.54) is 0 Å². The molecule has 2 atom stereocenters. The zero-order chi connectivity index (χ0) is 14.5. The Morgan fingerprint density at radius 1 is 1.25 bits per heavy atom. The first-order chi connectivity index (χ1) is 9.56. The molecule has 6 heteroatoms. The SMILES string of the molecule is NC(=S)c1ccc(OCCCN2CC(O)C(O)C2)cc1. The maximum Gasteiger partial charge on any atom is 0.119 e. The van der Waals surface area contributed by atoms with Gasteiger partial charge in [0.1, 0.15) is 10.7 Å². The third kappa shape index (κ3) is 4.14. The average molecular weight is 296 g/mol. The standard InChI is InChI=1S/C14H20N2O3S/c15-14(20)10-2-4-11(5-3-10)19-7-1-6-16-8-12(17)13(18)9-16/h2-5,12-13,17-18H,1,6-9H2,(H2,15,20). The molecule has 2 rings (SSSR count). The van der Waals surface area contributed by atoms with Crippen molar-refractivity contribution in [1.82, 2.24) is 4.90 Å². The minimum Gasteiger partial charge on any atom is -0.494 e. The molecule has 0 amide bonds.